The first-order chi connectivity index (χ1) is 13.4. The van der Waals surface area contributed by atoms with Gasteiger partial charge in [0.05, 0.1) is 5.69 Å². The van der Waals surface area contributed by atoms with Gasteiger partial charge in [-0.2, -0.15) is 0 Å². The molecule has 0 amide bonds. The standard InChI is InChI=1S/C25H22N2Si/c1-25(2)18-6-5-12-27-24(18)17-8-10-20-22(23(17)25)21-16-11-13-26-14-15(16)7-9-19(21)28(20,3)4/h5-14H,1-4H3. The molecule has 0 bridgehead atoms. The summed E-state index contributed by atoms with van der Waals surface area (Å²) in [6, 6.07) is 15.9. The van der Waals surface area contributed by atoms with Gasteiger partial charge in [0.1, 0.15) is 8.07 Å². The van der Waals surface area contributed by atoms with E-state index >= 15 is 0 Å². The second-order valence-electron chi connectivity index (χ2n) is 9.15. The average molecular weight is 379 g/mol. The zero-order valence-electron chi connectivity index (χ0n) is 16.7. The number of hydrogen-bond donors (Lipinski definition) is 0. The number of hydrogen-bond acceptors (Lipinski definition) is 2. The molecule has 0 atom stereocenters. The van der Waals surface area contributed by atoms with Crippen molar-refractivity contribution in [1.29, 1.82) is 0 Å². The predicted molar refractivity (Wildman–Crippen MR) is 119 cm³/mol. The van der Waals surface area contributed by atoms with Crippen LogP contribution in [0.5, 0.6) is 0 Å². The van der Waals surface area contributed by atoms with E-state index in [0.29, 0.717) is 0 Å². The second kappa shape index (κ2) is 4.98. The molecule has 0 radical (unpaired) electrons. The lowest BCUT2D eigenvalue weighted by Gasteiger charge is -2.25. The molecule has 0 unspecified atom stereocenters. The summed E-state index contributed by atoms with van der Waals surface area (Å²) in [4.78, 5) is 9.14. The number of rotatable bonds is 0. The Morgan fingerprint density at radius 1 is 0.857 bits per heavy atom. The molecule has 0 spiro atoms. The van der Waals surface area contributed by atoms with Crippen molar-refractivity contribution in [3.05, 3.63) is 72.2 Å². The first-order valence-electron chi connectivity index (χ1n) is 9.94. The van der Waals surface area contributed by atoms with E-state index in [9.17, 15) is 0 Å². The van der Waals surface area contributed by atoms with Gasteiger partial charge in [-0.3, -0.25) is 9.97 Å². The molecule has 136 valence electrons. The Morgan fingerprint density at radius 3 is 2.50 bits per heavy atom. The largest absolute Gasteiger partial charge is 0.264 e. The van der Waals surface area contributed by atoms with Crippen LogP contribution in [0, 0.1) is 0 Å². The lowest BCUT2D eigenvalue weighted by atomic mass is 9.78. The van der Waals surface area contributed by atoms with Gasteiger partial charge >= 0.3 is 0 Å². The van der Waals surface area contributed by atoms with E-state index < -0.39 is 8.07 Å². The van der Waals surface area contributed by atoms with Crippen molar-refractivity contribution in [3.63, 3.8) is 0 Å². The molecule has 4 aromatic rings. The van der Waals surface area contributed by atoms with Crippen LogP contribution in [0.4, 0.5) is 0 Å². The van der Waals surface area contributed by atoms with Gasteiger partial charge in [-0.15, -0.1) is 0 Å². The third-order valence-corrected chi connectivity index (χ3v) is 10.5. The van der Waals surface area contributed by atoms with Crippen LogP contribution in [0.2, 0.25) is 13.1 Å². The van der Waals surface area contributed by atoms with E-state index in [-0.39, 0.29) is 5.41 Å². The van der Waals surface area contributed by atoms with Crippen molar-refractivity contribution in [2.45, 2.75) is 32.4 Å². The minimum Gasteiger partial charge on any atom is -0.264 e. The average Bonchev–Trinajstić information content (AvgIpc) is 3.08. The molecule has 3 heteroatoms. The van der Waals surface area contributed by atoms with Gasteiger partial charge in [-0.1, -0.05) is 57.3 Å². The number of fused-ring (bicyclic) bond motifs is 9. The van der Waals surface area contributed by atoms with Gasteiger partial charge in [0.15, 0.2) is 0 Å². The lowest BCUT2D eigenvalue weighted by Crippen LogP contribution is -2.49. The Bertz CT molecular complexity index is 1320. The second-order valence-corrected chi connectivity index (χ2v) is 13.5. The molecule has 6 rings (SSSR count). The summed E-state index contributed by atoms with van der Waals surface area (Å²) in [7, 11) is -1.75. The maximum absolute atomic E-state index is 4.78. The highest BCUT2D eigenvalue weighted by atomic mass is 28.3. The Balaban J connectivity index is 1.82. The summed E-state index contributed by atoms with van der Waals surface area (Å²) in [6.07, 6.45) is 5.84. The molecule has 0 N–H and O–H groups in total. The third kappa shape index (κ3) is 1.74. The van der Waals surface area contributed by atoms with Crippen LogP contribution in [0.3, 0.4) is 0 Å². The smallest absolute Gasteiger partial charge is 0.113 e. The van der Waals surface area contributed by atoms with Gasteiger partial charge in [-0.25, -0.2) is 0 Å². The van der Waals surface area contributed by atoms with Crippen LogP contribution >= 0.6 is 0 Å². The maximum atomic E-state index is 4.78. The highest BCUT2D eigenvalue weighted by Crippen LogP contribution is 2.52. The highest BCUT2D eigenvalue weighted by molar-refractivity contribution is 7.04. The molecule has 1 aliphatic carbocycles. The summed E-state index contributed by atoms with van der Waals surface area (Å²) in [5, 5.41) is 5.67. The Hall–Kier alpha value is -2.78. The SMILES string of the molecule is CC1(C)c2cccnc2-c2ccc3c(c21)-c1c(ccc2cnccc12)[Si]3(C)C. The fraction of sp³-hybridized carbons (Fsp3) is 0.200. The van der Waals surface area contributed by atoms with E-state index in [0.717, 1.165) is 5.69 Å². The number of nitrogens with zero attached hydrogens (tertiary/aromatic N) is 2. The van der Waals surface area contributed by atoms with Crippen molar-refractivity contribution in [3.8, 4) is 22.4 Å². The van der Waals surface area contributed by atoms with Crippen LogP contribution in [0.1, 0.15) is 25.0 Å². The van der Waals surface area contributed by atoms with Gasteiger partial charge in [0.25, 0.3) is 0 Å². The first kappa shape index (κ1) is 16.2. The van der Waals surface area contributed by atoms with Gasteiger partial charge < -0.3 is 0 Å². The van der Waals surface area contributed by atoms with Crippen LogP contribution in [-0.4, -0.2) is 18.0 Å². The van der Waals surface area contributed by atoms with E-state index in [4.69, 9.17) is 4.98 Å². The van der Waals surface area contributed by atoms with Crippen LogP contribution in [-0.2, 0) is 5.41 Å². The maximum Gasteiger partial charge on any atom is 0.113 e. The molecule has 2 aliphatic rings. The molecule has 0 fully saturated rings. The summed E-state index contributed by atoms with van der Waals surface area (Å²) in [5.41, 5.74) is 8.14. The van der Waals surface area contributed by atoms with Crippen molar-refractivity contribution in [2.24, 2.45) is 0 Å². The van der Waals surface area contributed by atoms with Gasteiger partial charge in [0, 0.05) is 35.0 Å². The van der Waals surface area contributed by atoms with Crippen molar-refractivity contribution in [1.82, 2.24) is 9.97 Å². The monoisotopic (exact) mass is 378 g/mol. The lowest BCUT2D eigenvalue weighted by molar-refractivity contribution is 0.661. The van der Waals surface area contributed by atoms with Crippen molar-refractivity contribution in [2.75, 3.05) is 0 Å². The molecular weight excluding hydrogens is 356 g/mol. The topological polar surface area (TPSA) is 25.8 Å². The van der Waals surface area contributed by atoms with Crippen molar-refractivity contribution < 1.29 is 0 Å². The molecule has 28 heavy (non-hydrogen) atoms. The van der Waals surface area contributed by atoms with E-state index in [1.54, 1.807) is 10.4 Å². The normalized spacial score (nSPS) is 17.1. The van der Waals surface area contributed by atoms with Crippen LogP contribution in [0.15, 0.2) is 61.1 Å². The number of benzene rings is 2. The van der Waals surface area contributed by atoms with E-state index in [1.807, 2.05) is 18.6 Å². The Morgan fingerprint density at radius 2 is 1.64 bits per heavy atom. The van der Waals surface area contributed by atoms with Gasteiger partial charge in [-0.05, 0) is 50.1 Å². The molecule has 2 aromatic heterocycles. The molecule has 3 heterocycles. The fourth-order valence-corrected chi connectivity index (χ4v) is 8.64. The number of aromatic nitrogens is 2. The summed E-state index contributed by atoms with van der Waals surface area (Å²) in [5.74, 6) is 0. The molecular formula is C25H22N2Si. The molecule has 2 nitrogen and oxygen atoms in total. The quantitative estimate of drug-likeness (QED) is 0.413. The zero-order valence-corrected chi connectivity index (χ0v) is 17.7. The highest BCUT2D eigenvalue weighted by Gasteiger charge is 2.46. The Labute approximate surface area is 166 Å². The van der Waals surface area contributed by atoms with E-state index in [1.165, 1.54) is 38.6 Å². The molecule has 0 saturated carbocycles. The fourth-order valence-electron chi connectivity index (χ4n) is 5.59. The molecule has 1 aliphatic heterocycles. The van der Waals surface area contributed by atoms with Crippen molar-refractivity contribution >= 4 is 29.2 Å². The predicted octanol–water partition coefficient (Wildman–Crippen LogP) is 4.74. The van der Waals surface area contributed by atoms with E-state index in [2.05, 4.69) is 74.4 Å². The minimum atomic E-state index is -1.75. The van der Waals surface area contributed by atoms with Crippen LogP contribution in [0.25, 0.3) is 33.2 Å². The van der Waals surface area contributed by atoms with Gasteiger partial charge in [0.2, 0.25) is 0 Å². The minimum absolute atomic E-state index is 0.0500. The third-order valence-electron chi connectivity index (χ3n) is 6.98. The van der Waals surface area contributed by atoms with Crippen LogP contribution < -0.4 is 10.4 Å². The zero-order chi connectivity index (χ0) is 19.3. The summed E-state index contributed by atoms with van der Waals surface area (Å²) >= 11 is 0. The number of pyridine rings is 2. The molecule has 0 saturated heterocycles. The summed E-state index contributed by atoms with van der Waals surface area (Å²) in [6.45, 7) is 9.70. The Kier molecular flexibility index (Phi) is 2.88. The summed E-state index contributed by atoms with van der Waals surface area (Å²) < 4.78 is 0. The molecule has 2 aromatic carbocycles. The first-order valence-corrected chi connectivity index (χ1v) is 12.9.